The predicted octanol–water partition coefficient (Wildman–Crippen LogP) is 3.45. The van der Waals surface area contributed by atoms with Crippen LogP contribution < -0.4 is 15.5 Å². The van der Waals surface area contributed by atoms with E-state index in [-0.39, 0.29) is 12.5 Å². The summed E-state index contributed by atoms with van der Waals surface area (Å²) in [7, 11) is 0. The molecule has 174 valence electrons. The van der Waals surface area contributed by atoms with Crippen LogP contribution in [-0.2, 0) is 16.1 Å². The number of benzene rings is 1. The van der Waals surface area contributed by atoms with Crippen LogP contribution in [0.1, 0.15) is 59.9 Å². The highest BCUT2D eigenvalue weighted by Crippen LogP contribution is 2.24. The zero-order valence-electron chi connectivity index (χ0n) is 19.8. The Kier molecular flexibility index (Phi) is 8.34. The van der Waals surface area contributed by atoms with Crippen LogP contribution in [0.2, 0.25) is 0 Å². The van der Waals surface area contributed by atoms with Gasteiger partial charge in [-0.2, -0.15) is 0 Å². The summed E-state index contributed by atoms with van der Waals surface area (Å²) in [6.45, 7) is 13.6. The summed E-state index contributed by atoms with van der Waals surface area (Å²) in [6, 6.07) is 7.46. The lowest BCUT2D eigenvalue weighted by Gasteiger charge is -2.33. The number of hydrogen-bond donors (Lipinski definition) is 3. The number of carbonyl (C=O) groups is 2. The van der Waals surface area contributed by atoms with Gasteiger partial charge < -0.3 is 25.4 Å². The van der Waals surface area contributed by atoms with Crippen molar-refractivity contribution in [3.63, 3.8) is 0 Å². The standard InChI is InChI=1S/C24H39N3O4/c1-23(2,3)20(26-22(30)31-24(4,5)6)21(29)25-15-17-7-9-19(10-8-17)27-13-11-18(16-28)12-14-27/h7-10,18,20,28H,11-16H2,1-6H3,(H,25,29)(H,26,30)/t20-/m1/s1. The van der Waals surface area contributed by atoms with Crippen LogP contribution in [0.5, 0.6) is 0 Å². The molecule has 1 aromatic rings. The number of rotatable bonds is 6. The molecule has 1 saturated heterocycles. The van der Waals surface area contributed by atoms with Crippen molar-refractivity contribution in [2.24, 2.45) is 11.3 Å². The van der Waals surface area contributed by atoms with Crippen molar-refractivity contribution in [3.8, 4) is 0 Å². The van der Waals surface area contributed by atoms with E-state index in [1.807, 2.05) is 32.9 Å². The lowest BCUT2D eigenvalue weighted by atomic mass is 9.86. The Hall–Kier alpha value is -2.28. The van der Waals surface area contributed by atoms with Crippen LogP contribution >= 0.6 is 0 Å². The summed E-state index contributed by atoms with van der Waals surface area (Å²) < 4.78 is 5.31. The van der Waals surface area contributed by atoms with Crippen molar-refractivity contribution < 1.29 is 19.4 Å². The molecular weight excluding hydrogens is 394 g/mol. The van der Waals surface area contributed by atoms with Gasteiger partial charge in [0.05, 0.1) is 0 Å². The van der Waals surface area contributed by atoms with Crippen molar-refractivity contribution >= 4 is 17.7 Å². The molecule has 0 radical (unpaired) electrons. The minimum absolute atomic E-state index is 0.242. The first-order chi connectivity index (χ1) is 14.4. The van der Waals surface area contributed by atoms with Crippen LogP contribution in [0.3, 0.4) is 0 Å². The van der Waals surface area contributed by atoms with Crippen LogP contribution in [0.15, 0.2) is 24.3 Å². The summed E-state index contributed by atoms with van der Waals surface area (Å²) >= 11 is 0. The van der Waals surface area contributed by atoms with Crippen LogP contribution in [0.4, 0.5) is 10.5 Å². The number of carbonyl (C=O) groups excluding carboxylic acids is 2. The molecule has 3 N–H and O–H groups in total. The Morgan fingerprint density at radius 3 is 2.16 bits per heavy atom. The number of alkyl carbamates (subject to hydrolysis) is 1. The van der Waals surface area contributed by atoms with E-state index in [0.29, 0.717) is 12.5 Å². The van der Waals surface area contributed by atoms with Crippen molar-refractivity contribution in [2.45, 2.75) is 72.6 Å². The van der Waals surface area contributed by atoms with Crippen LogP contribution in [0.25, 0.3) is 0 Å². The number of amides is 2. The molecule has 7 nitrogen and oxygen atoms in total. The first-order valence-electron chi connectivity index (χ1n) is 11.1. The second-order valence-corrected chi connectivity index (χ2v) is 10.4. The third-order valence-corrected chi connectivity index (χ3v) is 5.43. The molecule has 0 saturated carbocycles. The fourth-order valence-corrected chi connectivity index (χ4v) is 3.59. The Labute approximate surface area is 186 Å². The number of ether oxygens (including phenoxy) is 1. The van der Waals surface area contributed by atoms with Gasteiger partial charge in [0.1, 0.15) is 11.6 Å². The van der Waals surface area contributed by atoms with Crippen molar-refractivity contribution in [1.82, 2.24) is 10.6 Å². The van der Waals surface area contributed by atoms with Gasteiger partial charge >= 0.3 is 6.09 Å². The summed E-state index contributed by atoms with van der Waals surface area (Å²) in [4.78, 5) is 27.3. The average molecular weight is 434 g/mol. The average Bonchev–Trinajstić information content (AvgIpc) is 2.68. The molecule has 0 spiro atoms. The lowest BCUT2D eigenvalue weighted by Crippen LogP contribution is -2.54. The first kappa shape index (κ1) is 25.0. The number of aliphatic hydroxyl groups excluding tert-OH is 1. The maximum absolute atomic E-state index is 12.8. The minimum Gasteiger partial charge on any atom is -0.444 e. The molecule has 31 heavy (non-hydrogen) atoms. The quantitative estimate of drug-likeness (QED) is 0.639. The molecule has 2 amide bonds. The highest BCUT2D eigenvalue weighted by Gasteiger charge is 2.34. The first-order valence-corrected chi connectivity index (χ1v) is 11.1. The van der Waals surface area contributed by atoms with Gasteiger partial charge in [-0.3, -0.25) is 4.79 Å². The highest BCUT2D eigenvalue weighted by atomic mass is 16.6. The van der Waals surface area contributed by atoms with E-state index >= 15 is 0 Å². The molecule has 1 aliphatic heterocycles. The fraction of sp³-hybridized carbons (Fsp3) is 0.667. The molecule has 0 unspecified atom stereocenters. The second kappa shape index (κ2) is 10.4. The van der Waals surface area contributed by atoms with Gasteiger partial charge in [0.25, 0.3) is 0 Å². The maximum Gasteiger partial charge on any atom is 0.408 e. The Bertz CT molecular complexity index is 727. The van der Waals surface area contributed by atoms with E-state index in [9.17, 15) is 14.7 Å². The Morgan fingerprint density at radius 1 is 1.10 bits per heavy atom. The van der Waals surface area contributed by atoms with Gasteiger partial charge in [-0.25, -0.2) is 4.79 Å². The van der Waals surface area contributed by atoms with E-state index in [4.69, 9.17) is 4.74 Å². The zero-order valence-corrected chi connectivity index (χ0v) is 19.8. The van der Waals surface area contributed by atoms with Gasteiger partial charge in [-0.1, -0.05) is 32.9 Å². The van der Waals surface area contributed by atoms with Crippen LogP contribution in [-0.4, -0.2) is 48.4 Å². The molecule has 1 fully saturated rings. The number of nitrogens with zero attached hydrogens (tertiary/aromatic N) is 1. The van der Waals surface area contributed by atoms with Gasteiger partial charge in [-0.15, -0.1) is 0 Å². The number of hydrogen-bond acceptors (Lipinski definition) is 5. The largest absolute Gasteiger partial charge is 0.444 e. The van der Waals surface area contributed by atoms with E-state index in [1.54, 1.807) is 20.8 Å². The topological polar surface area (TPSA) is 90.9 Å². The molecule has 0 aromatic heterocycles. The normalized spacial score (nSPS) is 16.5. The smallest absolute Gasteiger partial charge is 0.408 e. The molecule has 7 heteroatoms. The summed E-state index contributed by atoms with van der Waals surface area (Å²) in [5.41, 5.74) is 1.06. The van der Waals surface area contributed by atoms with Gasteiger partial charge in [0.15, 0.2) is 0 Å². The van der Waals surface area contributed by atoms with Crippen molar-refractivity contribution in [2.75, 3.05) is 24.6 Å². The number of anilines is 1. The predicted molar refractivity (Wildman–Crippen MR) is 123 cm³/mol. The minimum atomic E-state index is -0.713. The van der Waals surface area contributed by atoms with Crippen molar-refractivity contribution in [1.29, 1.82) is 0 Å². The van der Waals surface area contributed by atoms with E-state index in [0.717, 1.165) is 37.2 Å². The molecular formula is C24H39N3O4. The molecule has 2 rings (SSSR count). The second-order valence-electron chi connectivity index (χ2n) is 10.4. The van der Waals surface area contributed by atoms with E-state index in [2.05, 4.69) is 27.7 Å². The fourth-order valence-electron chi connectivity index (χ4n) is 3.59. The molecule has 1 atom stereocenters. The zero-order chi connectivity index (χ0) is 23.2. The number of piperidine rings is 1. The van der Waals surface area contributed by atoms with Gasteiger partial charge in [0, 0.05) is 31.9 Å². The monoisotopic (exact) mass is 433 g/mol. The van der Waals surface area contributed by atoms with Gasteiger partial charge in [-0.05, 0) is 62.6 Å². The number of aliphatic hydroxyl groups is 1. The Balaban J connectivity index is 1.92. The van der Waals surface area contributed by atoms with Gasteiger partial charge in [0.2, 0.25) is 5.91 Å². The molecule has 0 aliphatic carbocycles. The molecule has 1 aromatic carbocycles. The Morgan fingerprint density at radius 2 is 1.68 bits per heavy atom. The molecule has 1 aliphatic rings. The lowest BCUT2D eigenvalue weighted by molar-refractivity contribution is -0.125. The summed E-state index contributed by atoms with van der Waals surface area (Å²) in [5.74, 6) is 0.171. The number of nitrogens with one attached hydrogen (secondary N) is 2. The summed E-state index contributed by atoms with van der Waals surface area (Å²) in [6.07, 6.45) is 1.41. The SMILES string of the molecule is CC(C)(C)OC(=O)N[C@H](C(=O)NCc1ccc(N2CCC(CO)CC2)cc1)C(C)(C)C. The third-order valence-electron chi connectivity index (χ3n) is 5.43. The molecule has 0 bridgehead atoms. The summed E-state index contributed by atoms with van der Waals surface area (Å²) in [5, 5.41) is 14.9. The van der Waals surface area contributed by atoms with Crippen LogP contribution in [0, 0.1) is 11.3 Å². The van der Waals surface area contributed by atoms with E-state index in [1.165, 1.54) is 0 Å². The molecule has 1 heterocycles. The van der Waals surface area contributed by atoms with E-state index < -0.39 is 23.2 Å². The van der Waals surface area contributed by atoms with Crippen molar-refractivity contribution in [3.05, 3.63) is 29.8 Å². The highest BCUT2D eigenvalue weighted by molar-refractivity contribution is 5.86. The third kappa shape index (κ3) is 8.05. The maximum atomic E-state index is 12.8.